The summed E-state index contributed by atoms with van der Waals surface area (Å²) in [5.74, 6) is 1.32. The van der Waals surface area contributed by atoms with E-state index >= 15 is 0 Å². The third-order valence-electron chi connectivity index (χ3n) is 12.4. The van der Waals surface area contributed by atoms with Crippen LogP contribution in [0.3, 0.4) is 0 Å². The van der Waals surface area contributed by atoms with Crippen LogP contribution >= 0.6 is 31.9 Å². The first-order valence-corrected chi connectivity index (χ1v) is 19.1. The molecule has 10 atom stereocenters. The first-order valence-electron chi connectivity index (χ1n) is 17.5. The normalized spacial score (nSPS) is 39.8. The van der Waals surface area contributed by atoms with E-state index in [4.69, 9.17) is 14.2 Å². The van der Waals surface area contributed by atoms with Gasteiger partial charge in [-0.2, -0.15) is 0 Å². The largest absolute Gasteiger partial charge is 0.371 e. The van der Waals surface area contributed by atoms with E-state index in [2.05, 4.69) is 130 Å². The topological polar surface area (TPSA) is 30.9 Å². The number of hydrogen-bond acceptors (Lipinski definition) is 4. The molecule has 6 aliphatic rings. The van der Waals surface area contributed by atoms with E-state index in [1.54, 1.807) is 0 Å². The van der Waals surface area contributed by atoms with Gasteiger partial charge >= 0.3 is 0 Å². The minimum absolute atomic E-state index is 0.154. The summed E-state index contributed by atoms with van der Waals surface area (Å²) >= 11 is 7.30. The van der Waals surface area contributed by atoms with Crippen LogP contribution in [-0.4, -0.2) is 59.6 Å². The van der Waals surface area contributed by atoms with Crippen LogP contribution in [0.1, 0.15) is 99.3 Å². The van der Waals surface area contributed by atoms with Gasteiger partial charge in [-0.05, 0) is 108 Å². The fraction of sp³-hybridized carbons (Fsp3) is 0.550. The molecule has 3 saturated carbocycles. The van der Waals surface area contributed by atoms with Gasteiger partial charge < -0.3 is 14.2 Å². The van der Waals surface area contributed by atoms with E-state index in [0.717, 1.165) is 47.5 Å². The summed E-state index contributed by atoms with van der Waals surface area (Å²) < 4.78 is 24.1. The van der Waals surface area contributed by atoms with E-state index in [9.17, 15) is 0 Å². The van der Waals surface area contributed by atoms with Crippen LogP contribution in [0.15, 0.2) is 81.7 Å². The lowest BCUT2D eigenvalue weighted by Gasteiger charge is -2.69. The highest BCUT2D eigenvalue weighted by atomic mass is 79.9. The summed E-state index contributed by atoms with van der Waals surface area (Å²) in [6.07, 6.45) is 7.46. The van der Waals surface area contributed by atoms with Crippen molar-refractivity contribution >= 4 is 31.9 Å². The number of rotatable bonds is 3. The zero-order chi connectivity index (χ0) is 31.3. The molecular weight excluding hydrogens is 702 g/mol. The Labute approximate surface area is 290 Å². The summed E-state index contributed by atoms with van der Waals surface area (Å²) in [5, 5.41) is 0. The molecule has 242 valence electrons. The van der Waals surface area contributed by atoms with E-state index < -0.39 is 0 Å². The van der Waals surface area contributed by atoms with Gasteiger partial charge in [0.25, 0.3) is 0 Å². The Hall–Kier alpha value is -1.54. The molecule has 0 spiro atoms. The highest BCUT2D eigenvalue weighted by molar-refractivity contribution is 9.10. The van der Waals surface area contributed by atoms with Gasteiger partial charge in [-0.1, -0.05) is 101 Å². The first kappa shape index (κ1) is 30.5. The van der Waals surface area contributed by atoms with Crippen molar-refractivity contribution in [3.8, 4) is 0 Å². The summed E-state index contributed by atoms with van der Waals surface area (Å²) in [6.45, 7) is 6.89. The molecule has 46 heavy (non-hydrogen) atoms. The van der Waals surface area contributed by atoms with Crippen molar-refractivity contribution in [1.29, 1.82) is 0 Å². The van der Waals surface area contributed by atoms with Crippen LogP contribution in [0.5, 0.6) is 0 Å². The molecule has 0 radical (unpaired) electrons. The number of ether oxygens (including phenoxy) is 3. The molecule has 3 heterocycles. The molecule has 0 amide bonds. The molecule has 0 bridgehead atoms. The SMILES string of the molecule is CC(C)(C)c1ccc(C2CC3OC4CC(c5ccc(Br)cc5)CC5OC6CC(c7ccc(Br)cc7)CC7OC(C2)C3N(C54)C67)cc1. The second-order valence-electron chi connectivity index (χ2n) is 16.0. The zero-order valence-electron chi connectivity index (χ0n) is 27.0. The van der Waals surface area contributed by atoms with Crippen molar-refractivity contribution in [3.05, 3.63) is 104 Å². The third kappa shape index (κ3) is 5.20. The summed E-state index contributed by atoms with van der Waals surface area (Å²) in [5.41, 5.74) is 5.81. The Morgan fingerprint density at radius 2 is 0.761 bits per heavy atom. The number of morpholine rings is 3. The maximum absolute atomic E-state index is 7.30. The highest BCUT2D eigenvalue weighted by Crippen LogP contribution is 2.56. The second-order valence-corrected chi connectivity index (χ2v) is 17.9. The number of halogens is 2. The molecule has 0 aromatic heterocycles. The van der Waals surface area contributed by atoms with E-state index in [1.807, 2.05) is 0 Å². The highest BCUT2D eigenvalue weighted by Gasteiger charge is 2.65. The minimum atomic E-state index is 0.154. The Bertz CT molecular complexity index is 1480. The summed E-state index contributed by atoms with van der Waals surface area (Å²) in [7, 11) is 0. The van der Waals surface area contributed by atoms with Gasteiger partial charge in [0.05, 0.1) is 54.7 Å². The minimum Gasteiger partial charge on any atom is -0.371 e. The fourth-order valence-electron chi connectivity index (χ4n) is 10.3. The van der Waals surface area contributed by atoms with Crippen molar-refractivity contribution in [3.63, 3.8) is 0 Å². The quantitative estimate of drug-likeness (QED) is 0.268. The molecule has 6 heteroatoms. The average molecular weight is 748 g/mol. The summed E-state index contributed by atoms with van der Waals surface area (Å²) in [6, 6.07) is 28.4. The van der Waals surface area contributed by atoms with E-state index in [-0.39, 0.29) is 42.0 Å². The first-order chi connectivity index (χ1) is 22.2. The zero-order valence-corrected chi connectivity index (χ0v) is 30.2. The molecular formula is C40H45Br2NO3. The molecule has 9 rings (SSSR count). The van der Waals surface area contributed by atoms with Gasteiger partial charge in [-0.25, -0.2) is 0 Å². The predicted molar refractivity (Wildman–Crippen MR) is 189 cm³/mol. The Kier molecular flexibility index (Phi) is 7.64. The third-order valence-corrected chi connectivity index (χ3v) is 13.5. The van der Waals surface area contributed by atoms with Gasteiger partial charge in [0.1, 0.15) is 0 Å². The van der Waals surface area contributed by atoms with Crippen molar-refractivity contribution in [2.24, 2.45) is 0 Å². The molecule has 4 nitrogen and oxygen atoms in total. The molecule has 3 aliphatic heterocycles. The van der Waals surface area contributed by atoms with Crippen LogP contribution in [0.2, 0.25) is 0 Å². The predicted octanol–water partition coefficient (Wildman–Crippen LogP) is 9.25. The van der Waals surface area contributed by atoms with E-state index in [0.29, 0.717) is 35.9 Å². The molecule has 10 unspecified atom stereocenters. The van der Waals surface area contributed by atoms with Crippen molar-refractivity contribution in [1.82, 2.24) is 4.90 Å². The second kappa shape index (κ2) is 11.5. The monoisotopic (exact) mass is 745 g/mol. The van der Waals surface area contributed by atoms with E-state index in [1.165, 1.54) is 22.3 Å². The molecule has 3 aromatic carbocycles. The van der Waals surface area contributed by atoms with Crippen molar-refractivity contribution in [2.75, 3.05) is 0 Å². The fourth-order valence-corrected chi connectivity index (χ4v) is 10.8. The van der Waals surface area contributed by atoms with Gasteiger partial charge in [0.2, 0.25) is 0 Å². The van der Waals surface area contributed by atoms with Gasteiger partial charge in [0, 0.05) is 8.95 Å². The molecule has 0 N–H and O–H groups in total. The van der Waals surface area contributed by atoms with Crippen LogP contribution in [0.4, 0.5) is 0 Å². The molecule has 6 fully saturated rings. The Morgan fingerprint density at radius 1 is 0.478 bits per heavy atom. The lowest BCUT2D eigenvalue weighted by atomic mass is 9.66. The van der Waals surface area contributed by atoms with Crippen molar-refractivity contribution < 1.29 is 14.2 Å². The van der Waals surface area contributed by atoms with Crippen LogP contribution < -0.4 is 0 Å². The Balaban J connectivity index is 1.08. The number of hydrogen-bond donors (Lipinski definition) is 0. The smallest absolute Gasteiger partial charge is 0.0766 e. The maximum Gasteiger partial charge on any atom is 0.0766 e. The average Bonchev–Trinajstić information content (AvgIpc) is 3.04. The number of nitrogens with zero attached hydrogens (tertiary/aromatic N) is 1. The lowest BCUT2D eigenvalue weighted by Crippen LogP contribution is -2.81. The lowest BCUT2D eigenvalue weighted by molar-refractivity contribution is -0.336. The maximum atomic E-state index is 7.30. The molecule has 3 aliphatic carbocycles. The molecule has 3 saturated heterocycles. The van der Waals surface area contributed by atoms with Gasteiger partial charge in [0.15, 0.2) is 0 Å². The standard InChI is InChI=1S/C40H45Br2NO3/c1-40(2,3)28-10-4-22(5-11-28)25-16-31-37-32(17-25)45-34-19-27(24-8-14-30(42)15-9-24)21-36-39(34)43(37)38-33(44-31)18-26(20-35(38)46-36)23-6-12-29(41)13-7-23/h4-15,25-27,31-39H,16-21H2,1-3H3. The van der Waals surface area contributed by atoms with Crippen LogP contribution in [0, 0.1) is 0 Å². The van der Waals surface area contributed by atoms with Crippen LogP contribution in [0.25, 0.3) is 0 Å². The van der Waals surface area contributed by atoms with Gasteiger partial charge in [-0.15, -0.1) is 0 Å². The Morgan fingerprint density at radius 3 is 1.04 bits per heavy atom. The number of benzene rings is 3. The van der Waals surface area contributed by atoms with Gasteiger partial charge in [-0.3, -0.25) is 4.90 Å². The summed E-state index contributed by atoms with van der Waals surface area (Å²) in [4.78, 5) is 2.96. The molecule has 3 aromatic rings. The van der Waals surface area contributed by atoms with Crippen LogP contribution in [-0.2, 0) is 19.6 Å². The van der Waals surface area contributed by atoms with Crippen molar-refractivity contribution in [2.45, 2.75) is 137 Å².